The van der Waals surface area contributed by atoms with Crippen LogP contribution in [-0.2, 0) is 21.2 Å². The van der Waals surface area contributed by atoms with Crippen LogP contribution in [0, 0.1) is 0 Å². The Hall–Kier alpha value is -1.89. The van der Waals surface area contributed by atoms with Gasteiger partial charge >= 0.3 is 0 Å². The first-order chi connectivity index (χ1) is 12.8. The van der Waals surface area contributed by atoms with Crippen LogP contribution in [0.4, 0.5) is 0 Å². The molecule has 1 saturated heterocycles. The van der Waals surface area contributed by atoms with Crippen LogP contribution in [0.3, 0.4) is 0 Å². The summed E-state index contributed by atoms with van der Waals surface area (Å²) in [6.07, 6.45) is 0.518. The highest BCUT2D eigenvalue weighted by Gasteiger charge is 2.42. The van der Waals surface area contributed by atoms with E-state index in [4.69, 9.17) is 9.47 Å². The zero-order valence-corrected chi connectivity index (χ0v) is 16.9. The normalized spacial score (nSPS) is 20.3. The molecule has 2 aromatic rings. The number of hydrogen-bond acceptors (Lipinski definition) is 4. The summed E-state index contributed by atoms with van der Waals surface area (Å²) in [6, 6.07) is 16.6. The van der Waals surface area contributed by atoms with Crippen molar-refractivity contribution in [2.24, 2.45) is 0 Å². The molecule has 0 aromatic heterocycles. The summed E-state index contributed by atoms with van der Waals surface area (Å²) in [5.41, 5.74) is 0.533. The molecular weight excluding hydrogens is 362 g/mol. The lowest BCUT2D eigenvalue weighted by molar-refractivity contribution is -0.0629. The first kappa shape index (κ1) is 19.9. The minimum absolute atomic E-state index is 0.169. The monoisotopic (exact) mass is 389 g/mol. The van der Waals surface area contributed by atoms with Crippen molar-refractivity contribution in [1.29, 1.82) is 0 Å². The largest absolute Gasteiger partial charge is 0.494 e. The Kier molecular flexibility index (Phi) is 5.89. The van der Waals surface area contributed by atoms with Crippen molar-refractivity contribution < 1.29 is 17.9 Å². The smallest absolute Gasteiger partial charge is 0.243 e. The van der Waals surface area contributed by atoms with Gasteiger partial charge in [0.1, 0.15) is 5.75 Å². The molecule has 1 fully saturated rings. The van der Waals surface area contributed by atoms with Gasteiger partial charge in [-0.2, -0.15) is 4.31 Å². The van der Waals surface area contributed by atoms with Gasteiger partial charge in [0.25, 0.3) is 0 Å². The lowest BCUT2D eigenvalue weighted by Crippen LogP contribution is -2.58. The van der Waals surface area contributed by atoms with Gasteiger partial charge in [-0.1, -0.05) is 30.3 Å². The zero-order chi connectivity index (χ0) is 19.5. The van der Waals surface area contributed by atoms with E-state index in [-0.39, 0.29) is 11.0 Å². The van der Waals surface area contributed by atoms with Crippen LogP contribution in [-0.4, -0.2) is 44.1 Å². The van der Waals surface area contributed by atoms with Crippen LogP contribution in [0.25, 0.3) is 0 Å². The molecule has 0 aliphatic carbocycles. The Balaban J connectivity index is 1.82. The summed E-state index contributed by atoms with van der Waals surface area (Å²) in [7, 11) is -3.63. The van der Waals surface area contributed by atoms with Crippen molar-refractivity contribution in [3.05, 3.63) is 60.2 Å². The van der Waals surface area contributed by atoms with Gasteiger partial charge in [-0.15, -0.1) is 0 Å². The minimum atomic E-state index is -3.63. The molecule has 0 spiro atoms. The van der Waals surface area contributed by atoms with Gasteiger partial charge < -0.3 is 9.47 Å². The van der Waals surface area contributed by atoms with Gasteiger partial charge in [0.2, 0.25) is 10.0 Å². The van der Waals surface area contributed by atoms with E-state index in [1.165, 1.54) is 0 Å². The molecule has 146 valence electrons. The highest BCUT2D eigenvalue weighted by molar-refractivity contribution is 7.89. The summed E-state index contributed by atoms with van der Waals surface area (Å²) in [6.45, 7) is 6.94. The lowest BCUT2D eigenvalue weighted by Gasteiger charge is -2.44. The molecule has 3 rings (SSSR count). The average molecular weight is 390 g/mol. The summed E-state index contributed by atoms with van der Waals surface area (Å²) >= 11 is 0. The molecular formula is C21H27NO4S. The van der Waals surface area contributed by atoms with Crippen LogP contribution >= 0.6 is 0 Å². The van der Waals surface area contributed by atoms with E-state index in [0.717, 1.165) is 5.56 Å². The van der Waals surface area contributed by atoms with Crippen molar-refractivity contribution >= 4 is 10.0 Å². The second kappa shape index (κ2) is 8.00. The second-order valence-corrected chi connectivity index (χ2v) is 9.24. The van der Waals surface area contributed by atoms with Crippen molar-refractivity contribution in [3.63, 3.8) is 0 Å². The maximum absolute atomic E-state index is 13.3. The molecule has 0 saturated carbocycles. The van der Waals surface area contributed by atoms with Gasteiger partial charge in [-0.3, -0.25) is 0 Å². The quantitative estimate of drug-likeness (QED) is 0.759. The Morgan fingerprint density at radius 1 is 1.11 bits per heavy atom. The van der Waals surface area contributed by atoms with Crippen LogP contribution in [0.2, 0.25) is 0 Å². The van der Waals surface area contributed by atoms with Crippen LogP contribution in [0.15, 0.2) is 59.5 Å². The van der Waals surface area contributed by atoms with Gasteiger partial charge in [0.15, 0.2) is 0 Å². The van der Waals surface area contributed by atoms with Crippen LogP contribution in [0.5, 0.6) is 5.75 Å². The predicted octanol–water partition coefficient (Wildman–Crippen LogP) is 3.50. The Labute approximate surface area is 162 Å². The maximum atomic E-state index is 13.3. The molecule has 5 nitrogen and oxygen atoms in total. The first-order valence-electron chi connectivity index (χ1n) is 9.24. The standard InChI is InChI=1S/C21H27NO4S/c1-4-25-18-10-12-20(13-11-18)27(23,24)22-15-19(26-16-21(22,2)3)14-17-8-6-5-7-9-17/h5-13,19H,4,14-16H2,1-3H3. The van der Waals surface area contributed by atoms with Gasteiger partial charge in [0, 0.05) is 6.54 Å². The van der Waals surface area contributed by atoms with E-state index in [0.29, 0.717) is 31.9 Å². The third kappa shape index (κ3) is 4.51. The first-order valence-corrected chi connectivity index (χ1v) is 10.7. The summed E-state index contributed by atoms with van der Waals surface area (Å²) in [5, 5.41) is 0. The van der Waals surface area contributed by atoms with Gasteiger partial charge in [-0.25, -0.2) is 8.42 Å². The second-order valence-electron chi connectivity index (χ2n) is 7.38. The number of sulfonamides is 1. The van der Waals surface area contributed by atoms with E-state index in [9.17, 15) is 8.42 Å². The third-order valence-corrected chi connectivity index (χ3v) is 6.84. The molecule has 1 unspecified atom stereocenters. The van der Waals surface area contributed by atoms with E-state index in [1.807, 2.05) is 51.1 Å². The van der Waals surface area contributed by atoms with E-state index < -0.39 is 15.6 Å². The number of benzene rings is 2. The van der Waals surface area contributed by atoms with E-state index >= 15 is 0 Å². The molecule has 1 atom stereocenters. The molecule has 1 aliphatic heterocycles. The van der Waals surface area contributed by atoms with Crippen LogP contribution in [0.1, 0.15) is 26.3 Å². The predicted molar refractivity (Wildman–Crippen MR) is 105 cm³/mol. The molecule has 2 aromatic carbocycles. The SMILES string of the molecule is CCOc1ccc(S(=O)(=O)N2CC(Cc3ccccc3)OCC2(C)C)cc1. The highest BCUT2D eigenvalue weighted by Crippen LogP contribution is 2.31. The molecule has 1 heterocycles. The Morgan fingerprint density at radius 3 is 2.41 bits per heavy atom. The van der Waals surface area contributed by atoms with Crippen molar-refractivity contribution in [1.82, 2.24) is 4.31 Å². The average Bonchev–Trinajstić information content (AvgIpc) is 2.64. The molecule has 0 N–H and O–H groups in total. The summed E-state index contributed by atoms with van der Waals surface area (Å²) in [4.78, 5) is 0.277. The Bertz CT molecular complexity index is 848. The molecule has 0 radical (unpaired) electrons. The highest BCUT2D eigenvalue weighted by atomic mass is 32.2. The molecule has 27 heavy (non-hydrogen) atoms. The van der Waals surface area contributed by atoms with E-state index in [2.05, 4.69) is 0 Å². The minimum Gasteiger partial charge on any atom is -0.494 e. The maximum Gasteiger partial charge on any atom is 0.243 e. The van der Waals surface area contributed by atoms with Crippen molar-refractivity contribution in [3.8, 4) is 5.75 Å². The van der Waals surface area contributed by atoms with Crippen molar-refractivity contribution in [2.45, 2.75) is 43.7 Å². The fourth-order valence-corrected chi connectivity index (χ4v) is 5.10. The zero-order valence-electron chi connectivity index (χ0n) is 16.1. The summed E-state index contributed by atoms with van der Waals surface area (Å²) in [5.74, 6) is 0.666. The van der Waals surface area contributed by atoms with Crippen molar-refractivity contribution in [2.75, 3.05) is 19.8 Å². The molecule has 0 bridgehead atoms. The number of nitrogens with zero attached hydrogens (tertiary/aromatic N) is 1. The van der Waals surface area contributed by atoms with Gasteiger partial charge in [0.05, 0.1) is 29.8 Å². The number of morpholine rings is 1. The number of ether oxygens (including phenoxy) is 2. The van der Waals surface area contributed by atoms with Crippen LogP contribution < -0.4 is 4.74 Å². The number of hydrogen-bond donors (Lipinski definition) is 0. The Morgan fingerprint density at radius 2 is 1.78 bits per heavy atom. The topological polar surface area (TPSA) is 55.8 Å². The fraction of sp³-hybridized carbons (Fsp3) is 0.429. The summed E-state index contributed by atoms with van der Waals surface area (Å²) < 4.78 is 39.6. The fourth-order valence-electron chi connectivity index (χ4n) is 3.30. The van der Waals surface area contributed by atoms with E-state index in [1.54, 1.807) is 28.6 Å². The molecule has 1 aliphatic rings. The van der Waals surface area contributed by atoms with Gasteiger partial charge in [-0.05, 0) is 57.0 Å². The third-order valence-electron chi connectivity index (χ3n) is 4.75. The number of rotatable bonds is 6. The molecule has 6 heteroatoms. The lowest BCUT2D eigenvalue weighted by atomic mass is 10.0. The molecule has 0 amide bonds.